The van der Waals surface area contributed by atoms with Crippen molar-refractivity contribution < 1.29 is 33.9 Å². The summed E-state index contributed by atoms with van der Waals surface area (Å²) in [7, 11) is 0. The van der Waals surface area contributed by atoms with Gasteiger partial charge in [0.25, 0.3) is 0 Å². The van der Waals surface area contributed by atoms with E-state index in [0.29, 0.717) is 18.6 Å². The zero-order valence-corrected chi connectivity index (χ0v) is 20.0. The molecule has 0 bridgehead atoms. The van der Waals surface area contributed by atoms with Gasteiger partial charge in [0.05, 0.1) is 6.04 Å². The molecule has 0 radical (unpaired) electrons. The first-order chi connectivity index (χ1) is 16.0. The Bertz CT molecular complexity index is 781. The van der Waals surface area contributed by atoms with Crippen LogP contribution in [0.3, 0.4) is 0 Å². The number of nitrogens with zero attached hydrogens (tertiary/aromatic N) is 1. The van der Waals surface area contributed by atoms with Gasteiger partial charge >= 0.3 is 5.97 Å². The van der Waals surface area contributed by atoms with Crippen LogP contribution < -0.4 is 27.8 Å². The average molecular weight is 503 g/mol. The number of amides is 5. The molecule has 1 aliphatic rings. The first-order valence-electron chi connectivity index (χ1n) is 10.9. The summed E-state index contributed by atoms with van der Waals surface area (Å²) in [6.07, 6.45) is 2.43. The molecule has 0 aliphatic carbocycles. The molecule has 0 aromatic heterocycles. The number of nitrogens with one attached hydrogen (secondary N) is 2. The van der Waals surface area contributed by atoms with Gasteiger partial charge in [-0.2, -0.15) is 11.8 Å². The molecular weight excluding hydrogens is 468 g/mol. The molecule has 0 aromatic rings. The number of nitrogens with two attached hydrogens (primary N) is 3. The Morgan fingerprint density at radius 1 is 1.00 bits per heavy atom. The highest BCUT2D eigenvalue weighted by atomic mass is 32.2. The number of likely N-dealkylation sites (tertiary alicyclic amines) is 1. The Morgan fingerprint density at radius 3 is 2.18 bits per heavy atom. The van der Waals surface area contributed by atoms with Crippen LogP contribution >= 0.6 is 11.8 Å². The van der Waals surface area contributed by atoms with Crippen molar-refractivity contribution in [2.75, 3.05) is 18.6 Å². The van der Waals surface area contributed by atoms with Crippen LogP contribution in [0.1, 0.15) is 44.9 Å². The number of carbonyl (C=O) groups is 6. The topological polar surface area (TPSA) is 228 Å². The molecule has 0 saturated carbocycles. The molecule has 9 N–H and O–H groups in total. The van der Waals surface area contributed by atoms with Crippen LogP contribution in [0.5, 0.6) is 0 Å². The van der Waals surface area contributed by atoms with Crippen LogP contribution in [0.25, 0.3) is 0 Å². The largest absolute Gasteiger partial charge is 0.480 e. The van der Waals surface area contributed by atoms with E-state index in [4.69, 9.17) is 17.2 Å². The van der Waals surface area contributed by atoms with E-state index in [1.165, 1.54) is 16.7 Å². The maximum atomic E-state index is 13.0. The fourth-order valence-electron chi connectivity index (χ4n) is 3.53. The minimum atomic E-state index is -1.22. The summed E-state index contributed by atoms with van der Waals surface area (Å²) < 4.78 is 0. The Labute approximate surface area is 201 Å². The predicted octanol–water partition coefficient (Wildman–Crippen LogP) is -2.36. The van der Waals surface area contributed by atoms with Gasteiger partial charge in [-0.05, 0) is 44.1 Å². The molecule has 13 nitrogen and oxygen atoms in total. The SMILES string of the molecule is CSCCC(NC(=O)C(CCC(N)=O)NC(=O)C1CCCN1C(=O)C(N)CCC(N)=O)C(=O)O. The third-order valence-electron chi connectivity index (χ3n) is 5.40. The van der Waals surface area contributed by atoms with Crippen LogP contribution in [0.4, 0.5) is 0 Å². The van der Waals surface area contributed by atoms with Gasteiger partial charge in [0.15, 0.2) is 0 Å². The van der Waals surface area contributed by atoms with E-state index in [9.17, 15) is 33.9 Å². The fraction of sp³-hybridized carbons (Fsp3) is 0.700. The fourth-order valence-corrected chi connectivity index (χ4v) is 4.00. The number of rotatable bonds is 15. The van der Waals surface area contributed by atoms with Crippen LogP contribution in [-0.4, -0.2) is 88.2 Å². The molecule has 192 valence electrons. The van der Waals surface area contributed by atoms with E-state index in [-0.39, 0.29) is 38.6 Å². The third kappa shape index (κ3) is 9.55. The van der Waals surface area contributed by atoms with Gasteiger partial charge in [-0.1, -0.05) is 0 Å². The molecule has 1 saturated heterocycles. The summed E-state index contributed by atoms with van der Waals surface area (Å²) in [5, 5.41) is 14.3. The zero-order chi connectivity index (χ0) is 25.8. The standard InChI is InChI=1S/C20H34N6O7S/c1-34-10-8-13(20(32)33)25-17(29)12(5-7-16(23)28)24-18(30)14-3-2-9-26(14)19(31)11(21)4-6-15(22)27/h11-14H,2-10,21H2,1H3,(H2,22,27)(H2,23,28)(H,24,30)(H,25,29)(H,32,33). The van der Waals surface area contributed by atoms with E-state index in [0.717, 1.165) is 0 Å². The van der Waals surface area contributed by atoms with Crippen molar-refractivity contribution >= 4 is 47.3 Å². The maximum Gasteiger partial charge on any atom is 0.326 e. The lowest BCUT2D eigenvalue weighted by atomic mass is 10.1. The van der Waals surface area contributed by atoms with E-state index in [2.05, 4.69) is 10.6 Å². The summed E-state index contributed by atoms with van der Waals surface area (Å²) in [5.74, 6) is -3.93. The van der Waals surface area contributed by atoms with Crippen LogP contribution in [0.15, 0.2) is 0 Å². The van der Waals surface area contributed by atoms with Crippen molar-refractivity contribution in [2.24, 2.45) is 17.2 Å². The number of carboxylic acids is 1. The number of primary amides is 2. The highest BCUT2D eigenvalue weighted by Gasteiger charge is 2.38. The Balaban J connectivity index is 2.90. The number of carbonyl (C=O) groups excluding carboxylic acids is 5. The van der Waals surface area contributed by atoms with Crippen LogP contribution in [0, 0.1) is 0 Å². The quantitative estimate of drug-likeness (QED) is 0.140. The van der Waals surface area contributed by atoms with Crippen molar-refractivity contribution in [1.82, 2.24) is 15.5 Å². The Hall–Kier alpha value is -2.87. The van der Waals surface area contributed by atoms with Gasteiger partial charge in [-0.25, -0.2) is 4.79 Å². The molecule has 1 aliphatic heterocycles. The number of aliphatic carboxylic acids is 1. The Morgan fingerprint density at radius 2 is 1.62 bits per heavy atom. The predicted molar refractivity (Wildman–Crippen MR) is 124 cm³/mol. The van der Waals surface area contributed by atoms with Gasteiger partial charge < -0.3 is 37.8 Å². The second-order valence-corrected chi connectivity index (χ2v) is 9.03. The summed E-state index contributed by atoms with van der Waals surface area (Å²) in [5.41, 5.74) is 16.1. The molecular formula is C20H34N6O7S. The minimum Gasteiger partial charge on any atom is -0.480 e. The summed E-state index contributed by atoms with van der Waals surface area (Å²) in [4.78, 5) is 73.4. The van der Waals surface area contributed by atoms with E-state index in [1.54, 1.807) is 6.26 Å². The summed E-state index contributed by atoms with van der Waals surface area (Å²) in [6, 6.07) is -4.30. The number of hydrogen-bond donors (Lipinski definition) is 6. The van der Waals surface area contributed by atoms with E-state index in [1.807, 2.05) is 0 Å². The minimum absolute atomic E-state index is 0.0370. The molecule has 1 rings (SSSR count). The van der Waals surface area contributed by atoms with Crippen molar-refractivity contribution in [3.05, 3.63) is 0 Å². The zero-order valence-electron chi connectivity index (χ0n) is 19.2. The molecule has 4 unspecified atom stereocenters. The summed E-state index contributed by atoms with van der Waals surface area (Å²) >= 11 is 1.42. The first-order valence-corrected chi connectivity index (χ1v) is 12.3. The molecule has 1 heterocycles. The molecule has 0 spiro atoms. The third-order valence-corrected chi connectivity index (χ3v) is 6.04. The van der Waals surface area contributed by atoms with Gasteiger partial charge in [-0.3, -0.25) is 24.0 Å². The summed E-state index contributed by atoms with van der Waals surface area (Å²) in [6.45, 7) is 0.273. The molecule has 14 heteroatoms. The van der Waals surface area contributed by atoms with Crippen molar-refractivity contribution in [3.63, 3.8) is 0 Å². The lowest BCUT2D eigenvalue weighted by Gasteiger charge is -2.28. The lowest BCUT2D eigenvalue weighted by molar-refractivity contribution is -0.143. The molecule has 0 aromatic carbocycles. The smallest absolute Gasteiger partial charge is 0.326 e. The molecule has 4 atom stereocenters. The maximum absolute atomic E-state index is 13.0. The second kappa shape index (κ2) is 14.4. The second-order valence-electron chi connectivity index (χ2n) is 8.05. The van der Waals surface area contributed by atoms with E-state index >= 15 is 0 Å². The monoisotopic (exact) mass is 502 g/mol. The first kappa shape index (κ1) is 29.2. The van der Waals surface area contributed by atoms with Crippen LogP contribution in [-0.2, 0) is 28.8 Å². The number of hydrogen-bond acceptors (Lipinski definition) is 8. The molecule has 1 fully saturated rings. The van der Waals surface area contributed by atoms with E-state index < -0.39 is 59.7 Å². The Kier molecular flexibility index (Phi) is 12.4. The highest BCUT2D eigenvalue weighted by Crippen LogP contribution is 2.19. The average Bonchev–Trinajstić information content (AvgIpc) is 3.26. The molecule has 34 heavy (non-hydrogen) atoms. The number of carboxylic acid groups (broad SMARTS) is 1. The molecule has 5 amide bonds. The van der Waals surface area contributed by atoms with Crippen molar-refractivity contribution in [3.8, 4) is 0 Å². The van der Waals surface area contributed by atoms with Gasteiger partial charge in [-0.15, -0.1) is 0 Å². The van der Waals surface area contributed by atoms with Gasteiger partial charge in [0.2, 0.25) is 29.5 Å². The van der Waals surface area contributed by atoms with Gasteiger partial charge in [0.1, 0.15) is 18.1 Å². The highest BCUT2D eigenvalue weighted by molar-refractivity contribution is 7.98. The normalized spacial score (nSPS) is 17.9. The van der Waals surface area contributed by atoms with Crippen LogP contribution in [0.2, 0.25) is 0 Å². The van der Waals surface area contributed by atoms with Crippen molar-refractivity contribution in [2.45, 2.75) is 69.1 Å². The lowest BCUT2D eigenvalue weighted by Crippen LogP contribution is -2.56. The van der Waals surface area contributed by atoms with Crippen molar-refractivity contribution in [1.29, 1.82) is 0 Å². The van der Waals surface area contributed by atoms with Gasteiger partial charge in [0, 0.05) is 19.4 Å². The number of thioether (sulfide) groups is 1.